The summed E-state index contributed by atoms with van der Waals surface area (Å²) >= 11 is 0. The first-order valence-corrected chi connectivity index (χ1v) is 24.8. The Morgan fingerprint density at radius 3 is 1.38 bits per heavy atom. The molecule has 0 amide bonds. The maximum atomic E-state index is 3.24. The molecular formula is C50H84N2. The van der Waals surface area contributed by atoms with Crippen LogP contribution in [-0.2, 0) is 0 Å². The molecule has 1 heterocycles. The number of nitrogens with zero attached hydrogens (tertiary/aromatic N) is 2. The van der Waals surface area contributed by atoms with Gasteiger partial charge in [0.15, 0.2) is 0 Å². The van der Waals surface area contributed by atoms with Crippen molar-refractivity contribution in [1.29, 1.82) is 0 Å². The molecule has 0 aromatic rings. The number of likely N-dealkylation sites (tertiary alicyclic amines) is 1. The van der Waals surface area contributed by atoms with E-state index in [9.17, 15) is 0 Å². The highest BCUT2D eigenvalue weighted by Crippen LogP contribution is 2.53. The molecule has 1 saturated heterocycles. The monoisotopic (exact) mass is 713 g/mol. The minimum absolute atomic E-state index is 0.869. The van der Waals surface area contributed by atoms with E-state index in [1.807, 2.05) is 0 Å². The van der Waals surface area contributed by atoms with E-state index >= 15 is 0 Å². The van der Waals surface area contributed by atoms with Gasteiger partial charge in [-0.05, 0) is 226 Å². The summed E-state index contributed by atoms with van der Waals surface area (Å²) in [6, 6.07) is 5.59. The van der Waals surface area contributed by atoms with Crippen LogP contribution in [0.5, 0.6) is 0 Å². The average molecular weight is 713 g/mol. The maximum Gasteiger partial charge on any atom is 0.0133 e. The summed E-state index contributed by atoms with van der Waals surface area (Å²) in [5.41, 5.74) is 0. The van der Waals surface area contributed by atoms with Gasteiger partial charge < -0.3 is 0 Å². The highest BCUT2D eigenvalue weighted by atomic mass is 15.3. The fraction of sp³-hybridized carbons (Fsp3) is 0.960. The number of rotatable bonds is 7. The zero-order valence-corrected chi connectivity index (χ0v) is 34.5. The van der Waals surface area contributed by atoms with Crippen molar-refractivity contribution in [2.75, 3.05) is 0 Å². The molecule has 0 aromatic carbocycles. The molecule has 8 unspecified atom stereocenters. The summed E-state index contributed by atoms with van der Waals surface area (Å²) in [4.78, 5) is 6.43. The standard InChI is InChI=1S/C50H84N2/c1-35-11-25-43(26-12-35)51(44-27-13-36(2)14-28-44)45-29-18-37(19-30-45)15-16-38-17-20-42-34-41(22-21-40(42)33-38)39-23-31-46(32-24-39)52-49-9-5-3-7-47(49)48-8-4-6-10-50(48)52/h15-16,35-50H,3-14,17-34H2,1-2H3/b16-15+. The molecule has 1 aliphatic heterocycles. The molecule has 0 spiro atoms. The van der Waals surface area contributed by atoms with Crippen molar-refractivity contribution in [2.24, 2.45) is 59.2 Å². The van der Waals surface area contributed by atoms with Gasteiger partial charge in [0.2, 0.25) is 0 Å². The van der Waals surface area contributed by atoms with Crippen LogP contribution in [-0.4, -0.2) is 46.1 Å². The summed E-state index contributed by atoms with van der Waals surface area (Å²) in [7, 11) is 0. The van der Waals surface area contributed by atoms with Crippen LogP contribution in [0.4, 0.5) is 0 Å². The first-order chi connectivity index (χ1) is 25.6. The van der Waals surface area contributed by atoms with Crippen molar-refractivity contribution in [3.05, 3.63) is 12.2 Å². The summed E-state index contributed by atoms with van der Waals surface area (Å²) in [6.07, 6.45) is 51.2. The number of fused-ring (bicyclic) bond motifs is 4. The molecule has 9 rings (SSSR count). The van der Waals surface area contributed by atoms with Gasteiger partial charge in [0.1, 0.15) is 0 Å². The molecule has 9 aliphatic rings. The third-order valence-corrected chi connectivity index (χ3v) is 19.0. The van der Waals surface area contributed by atoms with E-state index in [1.165, 1.54) is 116 Å². The Morgan fingerprint density at radius 1 is 0.385 bits per heavy atom. The molecule has 0 N–H and O–H groups in total. The third kappa shape index (κ3) is 8.08. The summed E-state index contributed by atoms with van der Waals surface area (Å²) in [6.45, 7) is 5.01. The number of hydrogen-bond acceptors (Lipinski definition) is 2. The van der Waals surface area contributed by atoms with Crippen LogP contribution in [0, 0.1) is 59.2 Å². The normalized spacial score (nSPS) is 49.4. The fourth-order valence-electron chi connectivity index (χ4n) is 16.1. The van der Waals surface area contributed by atoms with Crippen molar-refractivity contribution in [1.82, 2.24) is 9.80 Å². The summed E-state index contributed by atoms with van der Waals surface area (Å²) < 4.78 is 0. The van der Waals surface area contributed by atoms with Crippen molar-refractivity contribution < 1.29 is 0 Å². The Balaban J connectivity index is 0.724. The van der Waals surface area contributed by atoms with Gasteiger partial charge in [-0.25, -0.2) is 0 Å². The second kappa shape index (κ2) is 17.0. The van der Waals surface area contributed by atoms with Crippen LogP contribution in [0.1, 0.15) is 206 Å². The van der Waals surface area contributed by atoms with Gasteiger partial charge >= 0.3 is 0 Å². The molecule has 0 aromatic heterocycles. The molecule has 2 nitrogen and oxygen atoms in total. The van der Waals surface area contributed by atoms with Crippen molar-refractivity contribution in [2.45, 2.75) is 243 Å². The Labute approximate surface area is 322 Å². The molecule has 8 saturated carbocycles. The Kier molecular flexibility index (Phi) is 12.2. The minimum Gasteiger partial charge on any atom is -0.294 e. The van der Waals surface area contributed by atoms with Crippen LogP contribution in [0.3, 0.4) is 0 Å². The lowest BCUT2D eigenvalue weighted by Gasteiger charge is -2.49. The molecule has 52 heavy (non-hydrogen) atoms. The topological polar surface area (TPSA) is 6.48 Å². The zero-order valence-electron chi connectivity index (χ0n) is 34.5. The Morgan fingerprint density at radius 2 is 0.808 bits per heavy atom. The molecule has 2 heteroatoms. The highest BCUT2D eigenvalue weighted by Gasteiger charge is 2.52. The van der Waals surface area contributed by atoms with E-state index in [0.29, 0.717) is 0 Å². The van der Waals surface area contributed by atoms with Gasteiger partial charge in [-0.3, -0.25) is 9.80 Å². The van der Waals surface area contributed by atoms with E-state index in [-0.39, 0.29) is 0 Å². The lowest BCUT2D eigenvalue weighted by molar-refractivity contribution is 0.00811. The highest BCUT2D eigenvalue weighted by molar-refractivity contribution is 5.06. The van der Waals surface area contributed by atoms with E-state index in [1.54, 1.807) is 77.0 Å². The number of hydrogen-bond donors (Lipinski definition) is 0. The minimum atomic E-state index is 0.869. The maximum absolute atomic E-state index is 3.24. The van der Waals surface area contributed by atoms with Crippen LogP contribution in [0.2, 0.25) is 0 Å². The van der Waals surface area contributed by atoms with E-state index in [2.05, 4.69) is 35.8 Å². The van der Waals surface area contributed by atoms with E-state index in [0.717, 1.165) is 95.4 Å². The van der Waals surface area contributed by atoms with Gasteiger partial charge in [0.25, 0.3) is 0 Å². The van der Waals surface area contributed by atoms with Gasteiger partial charge in [0, 0.05) is 36.3 Å². The van der Waals surface area contributed by atoms with Gasteiger partial charge in [-0.2, -0.15) is 0 Å². The van der Waals surface area contributed by atoms with Crippen molar-refractivity contribution in [3.63, 3.8) is 0 Å². The van der Waals surface area contributed by atoms with Crippen molar-refractivity contribution >= 4 is 0 Å². The number of allylic oxidation sites excluding steroid dienone is 2. The van der Waals surface area contributed by atoms with Crippen LogP contribution in [0.15, 0.2) is 12.2 Å². The summed E-state index contributed by atoms with van der Waals surface area (Å²) in [5.74, 6) is 10.1. The van der Waals surface area contributed by atoms with Gasteiger partial charge in [-0.1, -0.05) is 51.7 Å². The third-order valence-electron chi connectivity index (χ3n) is 19.0. The second-order valence-corrected chi connectivity index (χ2v) is 21.9. The lowest BCUT2D eigenvalue weighted by atomic mass is 9.61. The summed E-state index contributed by atoms with van der Waals surface area (Å²) in [5, 5.41) is 0. The molecule has 0 radical (unpaired) electrons. The van der Waals surface area contributed by atoms with Crippen LogP contribution < -0.4 is 0 Å². The van der Waals surface area contributed by atoms with Crippen molar-refractivity contribution in [3.8, 4) is 0 Å². The quantitative estimate of drug-likeness (QED) is 0.243. The molecule has 8 aliphatic carbocycles. The van der Waals surface area contributed by atoms with Crippen LogP contribution in [0.25, 0.3) is 0 Å². The Bertz CT molecular complexity index is 1080. The lowest BCUT2D eigenvalue weighted by Crippen LogP contribution is -2.52. The second-order valence-electron chi connectivity index (χ2n) is 21.9. The molecule has 0 bridgehead atoms. The first kappa shape index (κ1) is 37.2. The molecule has 9 fully saturated rings. The predicted octanol–water partition coefficient (Wildman–Crippen LogP) is 13.4. The predicted molar refractivity (Wildman–Crippen MR) is 220 cm³/mol. The fourth-order valence-corrected chi connectivity index (χ4v) is 16.1. The Hall–Kier alpha value is -0.340. The smallest absolute Gasteiger partial charge is 0.0133 e. The van der Waals surface area contributed by atoms with Gasteiger partial charge in [-0.15, -0.1) is 0 Å². The van der Waals surface area contributed by atoms with E-state index < -0.39 is 0 Å². The average Bonchev–Trinajstić information content (AvgIpc) is 3.53. The molecule has 294 valence electrons. The van der Waals surface area contributed by atoms with Crippen LogP contribution >= 0.6 is 0 Å². The van der Waals surface area contributed by atoms with E-state index in [4.69, 9.17) is 0 Å². The zero-order chi connectivity index (χ0) is 35.0. The molecule has 8 atom stereocenters. The molecular weight excluding hydrogens is 629 g/mol. The first-order valence-electron chi connectivity index (χ1n) is 24.8. The SMILES string of the molecule is CC1CCC(N(C2CCC(C)CC2)C2CCC(/C=C/C3CCC4CC(C5CCC(N6C7CCCCC7C7CCCCC76)CC5)CCC4C3)CC2)CC1. The largest absolute Gasteiger partial charge is 0.294 e. The van der Waals surface area contributed by atoms with Gasteiger partial charge in [0.05, 0.1) is 0 Å².